The number of halogens is 3. The fourth-order valence-electron chi connectivity index (χ4n) is 4.40. The van der Waals surface area contributed by atoms with Gasteiger partial charge in [-0.05, 0) is 36.0 Å². The van der Waals surface area contributed by atoms with Crippen molar-refractivity contribution in [2.24, 2.45) is 5.73 Å². The van der Waals surface area contributed by atoms with Gasteiger partial charge in [0.15, 0.2) is 6.61 Å². The van der Waals surface area contributed by atoms with Crippen LogP contribution in [0.3, 0.4) is 0 Å². The highest BCUT2D eigenvalue weighted by molar-refractivity contribution is 6.09. The lowest BCUT2D eigenvalue weighted by Crippen LogP contribution is -2.38. The molecular formula is C25H24F3N3O4. The molecule has 3 aromatic rings. The van der Waals surface area contributed by atoms with E-state index in [1.807, 2.05) is 12.1 Å². The Bertz CT molecular complexity index is 1260. The van der Waals surface area contributed by atoms with Crippen LogP contribution in [0.4, 0.5) is 13.2 Å². The van der Waals surface area contributed by atoms with Crippen molar-refractivity contribution in [2.45, 2.75) is 31.5 Å². The minimum atomic E-state index is -5.20. The number of rotatable bonds is 5. The number of aromatic nitrogens is 1. The van der Waals surface area contributed by atoms with Crippen molar-refractivity contribution in [1.82, 2.24) is 9.47 Å². The second-order valence-corrected chi connectivity index (χ2v) is 8.41. The molecule has 2 N–H and O–H groups in total. The summed E-state index contributed by atoms with van der Waals surface area (Å²) < 4.78 is 42.3. The molecule has 7 nitrogen and oxygen atoms in total. The predicted molar refractivity (Wildman–Crippen MR) is 122 cm³/mol. The third-order valence-electron chi connectivity index (χ3n) is 6.21. The van der Waals surface area contributed by atoms with Gasteiger partial charge in [0.25, 0.3) is 11.8 Å². The average molecular weight is 487 g/mol. The molecule has 1 aliphatic heterocycles. The highest BCUT2D eigenvalue weighted by Crippen LogP contribution is 2.30. The maximum atomic E-state index is 13.3. The second-order valence-electron chi connectivity index (χ2n) is 8.41. The Kier molecular flexibility index (Phi) is 6.93. The largest absolute Gasteiger partial charge is 0.490 e. The van der Waals surface area contributed by atoms with Crippen LogP contribution in [0.15, 0.2) is 54.7 Å². The number of esters is 1. The van der Waals surface area contributed by atoms with Crippen LogP contribution in [0.25, 0.3) is 10.9 Å². The molecule has 0 aliphatic carbocycles. The van der Waals surface area contributed by atoms with Crippen LogP contribution >= 0.6 is 0 Å². The van der Waals surface area contributed by atoms with Crippen LogP contribution in [0.2, 0.25) is 0 Å². The molecule has 184 valence electrons. The minimum absolute atomic E-state index is 0.264. The number of fused-ring (bicyclic) bond motifs is 1. The molecule has 10 heteroatoms. The lowest BCUT2D eigenvalue weighted by atomic mass is 9.88. The number of carbonyl (C=O) groups is 3. The number of hydrogen-bond acceptors (Lipinski definition) is 5. The standard InChI is InChI=1S/C25H24F3N3O4/c26-25(27,28)24(34)35-15-22(32)31-14-20(19-6-1-2-7-21(19)31)23(33)30-10-8-17(9-11-30)18-5-3-4-16(12-18)13-29/h1-7,12,14,17H,8-11,13,15,29H2. The number of carbonyl (C=O) groups excluding carboxylic acids is 3. The number of alkyl halides is 3. The van der Waals surface area contributed by atoms with Gasteiger partial charge in [0.1, 0.15) is 0 Å². The maximum absolute atomic E-state index is 13.3. The van der Waals surface area contributed by atoms with Crippen LogP contribution in [0.1, 0.15) is 45.0 Å². The molecule has 0 atom stereocenters. The first-order valence-electron chi connectivity index (χ1n) is 11.1. The van der Waals surface area contributed by atoms with E-state index in [4.69, 9.17) is 5.73 Å². The van der Waals surface area contributed by atoms with Crippen LogP contribution in [-0.2, 0) is 16.1 Å². The smallest absolute Gasteiger partial charge is 0.449 e. The SMILES string of the molecule is NCc1cccc(C2CCN(C(=O)c3cn(C(=O)COC(=O)C(F)(F)F)c4ccccc34)CC2)c1. The average Bonchev–Trinajstić information content (AvgIpc) is 3.26. The van der Waals surface area contributed by atoms with Gasteiger partial charge < -0.3 is 15.4 Å². The van der Waals surface area contributed by atoms with E-state index >= 15 is 0 Å². The highest BCUT2D eigenvalue weighted by Gasteiger charge is 2.41. The van der Waals surface area contributed by atoms with E-state index in [2.05, 4.69) is 16.9 Å². The number of hydrogen-bond donors (Lipinski definition) is 1. The summed E-state index contributed by atoms with van der Waals surface area (Å²) in [5.74, 6) is -3.30. The zero-order valence-electron chi connectivity index (χ0n) is 18.8. The predicted octanol–water partition coefficient (Wildman–Crippen LogP) is 3.87. The Morgan fingerprint density at radius 3 is 2.43 bits per heavy atom. The second kappa shape index (κ2) is 9.91. The monoisotopic (exact) mass is 487 g/mol. The van der Waals surface area contributed by atoms with Gasteiger partial charge in [-0.25, -0.2) is 4.79 Å². The molecule has 0 bridgehead atoms. The number of benzene rings is 2. The summed E-state index contributed by atoms with van der Waals surface area (Å²) in [6, 6.07) is 14.7. The van der Waals surface area contributed by atoms with Crippen molar-refractivity contribution in [2.75, 3.05) is 19.7 Å². The zero-order chi connectivity index (χ0) is 25.2. The van der Waals surface area contributed by atoms with Gasteiger partial charge in [-0.2, -0.15) is 13.2 Å². The van der Waals surface area contributed by atoms with Crippen LogP contribution in [0, 0.1) is 0 Å². The molecular weight excluding hydrogens is 463 g/mol. The van der Waals surface area contributed by atoms with E-state index in [0.717, 1.165) is 23.0 Å². The molecule has 4 rings (SSSR count). The van der Waals surface area contributed by atoms with Crippen molar-refractivity contribution in [3.05, 3.63) is 71.4 Å². The van der Waals surface area contributed by atoms with Crippen LogP contribution < -0.4 is 5.73 Å². The first kappa shape index (κ1) is 24.5. The lowest BCUT2D eigenvalue weighted by Gasteiger charge is -2.32. The molecule has 1 saturated heterocycles. The Hall–Kier alpha value is -3.66. The summed E-state index contributed by atoms with van der Waals surface area (Å²) in [6.07, 6.45) is -2.36. The van der Waals surface area contributed by atoms with Gasteiger partial charge in [-0.1, -0.05) is 42.5 Å². The summed E-state index contributed by atoms with van der Waals surface area (Å²) in [5, 5.41) is 0.491. The third kappa shape index (κ3) is 5.22. The molecule has 1 aliphatic rings. The van der Waals surface area contributed by atoms with Crippen molar-refractivity contribution < 1.29 is 32.3 Å². The number of amides is 1. The number of ether oxygens (including phenoxy) is 1. The third-order valence-corrected chi connectivity index (χ3v) is 6.21. The quantitative estimate of drug-likeness (QED) is 0.552. The molecule has 2 heterocycles. The summed E-state index contributed by atoms with van der Waals surface area (Å²) in [7, 11) is 0. The molecule has 0 saturated carbocycles. The fraction of sp³-hybridized carbons (Fsp3) is 0.320. The molecule has 1 fully saturated rings. The van der Waals surface area contributed by atoms with Crippen molar-refractivity contribution in [3.8, 4) is 0 Å². The zero-order valence-corrected chi connectivity index (χ0v) is 18.8. The van der Waals surface area contributed by atoms with Gasteiger partial charge in [0.2, 0.25) is 0 Å². The molecule has 0 spiro atoms. The van der Waals surface area contributed by atoms with Crippen LogP contribution in [0.5, 0.6) is 0 Å². The van der Waals surface area contributed by atoms with Gasteiger partial charge >= 0.3 is 12.1 Å². The lowest BCUT2D eigenvalue weighted by molar-refractivity contribution is -0.198. The van der Waals surface area contributed by atoms with Gasteiger partial charge in [0, 0.05) is 31.2 Å². The van der Waals surface area contributed by atoms with Gasteiger partial charge in [-0.15, -0.1) is 0 Å². The Labute approximate surface area is 199 Å². The number of likely N-dealkylation sites (tertiary alicyclic amines) is 1. The van der Waals surface area contributed by atoms with E-state index in [0.29, 0.717) is 36.5 Å². The summed E-state index contributed by atoms with van der Waals surface area (Å²) in [5.41, 5.74) is 8.60. The number of piperidine rings is 1. The summed E-state index contributed by atoms with van der Waals surface area (Å²) in [6.45, 7) is 0.404. The minimum Gasteiger partial charge on any atom is -0.449 e. The van der Waals surface area contributed by atoms with Crippen molar-refractivity contribution >= 4 is 28.7 Å². The number of nitrogens with zero attached hydrogens (tertiary/aromatic N) is 2. The first-order valence-corrected chi connectivity index (χ1v) is 11.1. The van der Waals surface area contributed by atoms with E-state index in [1.54, 1.807) is 29.2 Å². The molecule has 35 heavy (non-hydrogen) atoms. The topological polar surface area (TPSA) is 94.6 Å². The Balaban J connectivity index is 1.49. The molecule has 1 amide bonds. The normalized spacial score (nSPS) is 14.8. The summed E-state index contributed by atoms with van der Waals surface area (Å²) in [4.78, 5) is 38.6. The molecule has 0 unspecified atom stereocenters. The molecule has 0 radical (unpaired) electrons. The fourth-order valence-corrected chi connectivity index (χ4v) is 4.40. The van der Waals surface area contributed by atoms with Gasteiger partial charge in [-0.3, -0.25) is 14.2 Å². The highest BCUT2D eigenvalue weighted by atomic mass is 19.4. The molecule has 2 aromatic carbocycles. The van der Waals surface area contributed by atoms with E-state index in [9.17, 15) is 27.6 Å². The number of para-hydroxylation sites is 1. The van der Waals surface area contributed by atoms with Gasteiger partial charge in [0.05, 0.1) is 11.1 Å². The van der Waals surface area contributed by atoms with E-state index in [-0.39, 0.29) is 11.5 Å². The van der Waals surface area contributed by atoms with E-state index in [1.165, 1.54) is 11.8 Å². The van der Waals surface area contributed by atoms with E-state index < -0.39 is 24.7 Å². The first-order chi connectivity index (χ1) is 16.7. The van der Waals surface area contributed by atoms with Crippen molar-refractivity contribution in [1.29, 1.82) is 0 Å². The maximum Gasteiger partial charge on any atom is 0.490 e. The van der Waals surface area contributed by atoms with Crippen molar-refractivity contribution in [3.63, 3.8) is 0 Å². The molecule has 1 aromatic heterocycles. The summed E-state index contributed by atoms with van der Waals surface area (Å²) >= 11 is 0. The Morgan fingerprint density at radius 1 is 1.03 bits per heavy atom. The number of nitrogens with two attached hydrogens (primary N) is 1. The van der Waals surface area contributed by atoms with Crippen LogP contribution in [-0.4, -0.2) is 53.1 Å². The Morgan fingerprint density at radius 2 is 1.74 bits per heavy atom.